The van der Waals surface area contributed by atoms with Crippen LogP contribution < -0.4 is 0 Å². The van der Waals surface area contributed by atoms with Crippen molar-refractivity contribution in [1.82, 2.24) is 4.90 Å². The van der Waals surface area contributed by atoms with Crippen molar-refractivity contribution >= 4 is 34.8 Å². The van der Waals surface area contributed by atoms with Crippen LogP contribution in [0.4, 0.5) is 0 Å². The molecule has 3 heterocycles. The number of rotatable bonds is 4. The van der Waals surface area contributed by atoms with Crippen LogP contribution in [0.3, 0.4) is 0 Å². The molecule has 0 N–H and O–H groups in total. The molecule has 0 aromatic carbocycles. The molecule has 1 unspecified atom stereocenters. The van der Waals surface area contributed by atoms with E-state index in [9.17, 15) is 9.59 Å². The van der Waals surface area contributed by atoms with Crippen molar-refractivity contribution in [2.75, 3.05) is 6.54 Å². The fourth-order valence-electron chi connectivity index (χ4n) is 2.63. The minimum absolute atomic E-state index is 0.176. The molecule has 1 fully saturated rings. The molecule has 1 amide bonds. The molecule has 1 saturated heterocycles. The number of amides is 1. The van der Waals surface area contributed by atoms with Gasteiger partial charge in [-0.3, -0.25) is 4.79 Å². The van der Waals surface area contributed by atoms with Crippen molar-refractivity contribution in [3.63, 3.8) is 0 Å². The monoisotopic (exact) mass is 353 g/mol. The third kappa shape index (κ3) is 3.76. The number of esters is 1. The van der Waals surface area contributed by atoms with E-state index in [1.807, 2.05) is 6.07 Å². The number of hydrogen-bond acceptors (Lipinski definition) is 5. The number of furan rings is 1. The lowest BCUT2D eigenvalue weighted by molar-refractivity contribution is -0.151. The van der Waals surface area contributed by atoms with Crippen LogP contribution in [-0.2, 0) is 16.1 Å². The molecule has 1 aliphatic heterocycles. The maximum absolute atomic E-state index is 12.5. The van der Waals surface area contributed by atoms with E-state index in [4.69, 9.17) is 20.8 Å². The number of hydrogen-bond donors (Lipinski definition) is 0. The largest absolute Gasteiger partial charge is 0.459 e. The molecule has 7 heteroatoms. The number of nitrogens with zero attached hydrogens (tertiary/aromatic N) is 1. The van der Waals surface area contributed by atoms with E-state index >= 15 is 0 Å². The molecule has 0 aliphatic carbocycles. The Labute approximate surface area is 142 Å². The lowest BCUT2D eigenvalue weighted by Gasteiger charge is -2.33. The number of carbonyl (C=O) groups excluding carboxylic acids is 2. The van der Waals surface area contributed by atoms with Gasteiger partial charge in [0.05, 0.1) is 10.6 Å². The Kier molecular flexibility index (Phi) is 5.03. The number of halogens is 1. The lowest BCUT2D eigenvalue weighted by atomic mass is 10.0. The summed E-state index contributed by atoms with van der Waals surface area (Å²) in [5, 5.41) is 0. The highest BCUT2D eigenvalue weighted by Crippen LogP contribution is 2.24. The zero-order chi connectivity index (χ0) is 16.2. The van der Waals surface area contributed by atoms with E-state index in [1.165, 1.54) is 17.6 Å². The van der Waals surface area contributed by atoms with Crippen LogP contribution in [-0.4, -0.2) is 29.4 Å². The van der Waals surface area contributed by atoms with Crippen molar-refractivity contribution in [2.24, 2.45) is 0 Å². The number of thiophene rings is 1. The van der Waals surface area contributed by atoms with Gasteiger partial charge in [0.2, 0.25) is 0 Å². The number of ether oxygens (including phenoxy) is 1. The maximum atomic E-state index is 12.5. The molecular formula is C16H16ClNO4S. The normalized spacial score (nSPS) is 18.0. The first-order valence-electron chi connectivity index (χ1n) is 7.40. The van der Waals surface area contributed by atoms with E-state index in [0.29, 0.717) is 17.3 Å². The first-order chi connectivity index (χ1) is 11.1. The van der Waals surface area contributed by atoms with Crippen LogP contribution in [0.2, 0.25) is 4.34 Å². The molecule has 0 saturated carbocycles. The van der Waals surface area contributed by atoms with E-state index < -0.39 is 6.04 Å². The Morgan fingerprint density at radius 3 is 2.91 bits per heavy atom. The summed E-state index contributed by atoms with van der Waals surface area (Å²) >= 11 is 7.24. The van der Waals surface area contributed by atoms with Crippen molar-refractivity contribution in [3.8, 4) is 0 Å². The second kappa shape index (κ2) is 7.19. The fourth-order valence-corrected chi connectivity index (χ4v) is 3.63. The first-order valence-corrected chi connectivity index (χ1v) is 8.60. The molecule has 1 aliphatic rings. The average Bonchev–Trinajstić information content (AvgIpc) is 3.23. The average molecular weight is 354 g/mol. The predicted octanol–water partition coefficient (Wildman–Crippen LogP) is 3.73. The Balaban J connectivity index is 1.65. The minimum Gasteiger partial charge on any atom is -0.459 e. The van der Waals surface area contributed by atoms with Crippen LogP contribution in [0.25, 0.3) is 0 Å². The summed E-state index contributed by atoms with van der Waals surface area (Å²) in [6.45, 7) is 0.708. The molecule has 0 bridgehead atoms. The van der Waals surface area contributed by atoms with Gasteiger partial charge in [0.25, 0.3) is 5.91 Å². The molecule has 0 radical (unpaired) electrons. The molecule has 1 atom stereocenters. The van der Waals surface area contributed by atoms with Crippen molar-refractivity contribution in [2.45, 2.75) is 31.9 Å². The molecule has 23 heavy (non-hydrogen) atoms. The van der Waals surface area contributed by atoms with Crippen LogP contribution >= 0.6 is 22.9 Å². The van der Waals surface area contributed by atoms with Crippen molar-refractivity contribution in [1.29, 1.82) is 0 Å². The molecular weight excluding hydrogens is 338 g/mol. The summed E-state index contributed by atoms with van der Waals surface area (Å²) in [5.74, 6) is -0.403. The van der Waals surface area contributed by atoms with E-state index in [0.717, 1.165) is 17.7 Å². The van der Waals surface area contributed by atoms with Crippen molar-refractivity contribution < 1.29 is 18.7 Å². The summed E-state index contributed by atoms with van der Waals surface area (Å²) in [6, 6.07) is 6.30. The zero-order valence-corrected chi connectivity index (χ0v) is 13.9. The summed E-state index contributed by atoms with van der Waals surface area (Å²) in [6.07, 6.45) is 3.82. The Hall–Kier alpha value is -1.79. The Morgan fingerprint density at radius 1 is 1.35 bits per heavy atom. The van der Waals surface area contributed by atoms with E-state index in [1.54, 1.807) is 23.1 Å². The van der Waals surface area contributed by atoms with Crippen LogP contribution in [0.1, 0.15) is 34.7 Å². The van der Waals surface area contributed by atoms with Crippen molar-refractivity contribution in [3.05, 3.63) is 45.5 Å². The van der Waals surface area contributed by atoms with E-state index in [2.05, 4.69) is 0 Å². The van der Waals surface area contributed by atoms with Gasteiger partial charge in [0.15, 0.2) is 5.76 Å². The number of carbonyl (C=O) groups is 2. The lowest BCUT2D eigenvalue weighted by Crippen LogP contribution is -2.48. The smallest absolute Gasteiger partial charge is 0.329 e. The van der Waals surface area contributed by atoms with Crippen LogP contribution in [0.15, 0.2) is 34.9 Å². The minimum atomic E-state index is -0.559. The zero-order valence-electron chi connectivity index (χ0n) is 12.4. The van der Waals surface area contributed by atoms with Crippen LogP contribution in [0, 0.1) is 0 Å². The molecule has 3 rings (SSSR count). The predicted molar refractivity (Wildman–Crippen MR) is 86.5 cm³/mol. The standard InChI is InChI=1S/C16H16ClNO4S/c17-14-7-6-11(23-14)10-22-16(20)12-4-1-2-8-18(12)15(19)13-5-3-9-21-13/h3,5-7,9,12H,1-2,4,8,10H2. The van der Waals surface area contributed by atoms with Crippen LogP contribution in [0.5, 0.6) is 0 Å². The van der Waals surface area contributed by atoms with Gasteiger partial charge in [-0.2, -0.15) is 0 Å². The number of piperidine rings is 1. The number of likely N-dealkylation sites (tertiary alicyclic amines) is 1. The van der Waals surface area contributed by atoms with Gasteiger partial charge < -0.3 is 14.1 Å². The van der Waals surface area contributed by atoms with E-state index in [-0.39, 0.29) is 24.2 Å². The highest BCUT2D eigenvalue weighted by atomic mass is 35.5. The van der Waals surface area contributed by atoms with Gasteiger partial charge >= 0.3 is 5.97 Å². The molecule has 122 valence electrons. The molecule has 0 spiro atoms. The summed E-state index contributed by atoms with van der Waals surface area (Å²) in [7, 11) is 0. The summed E-state index contributed by atoms with van der Waals surface area (Å²) in [5.41, 5.74) is 0. The molecule has 5 nitrogen and oxygen atoms in total. The fraction of sp³-hybridized carbons (Fsp3) is 0.375. The Morgan fingerprint density at radius 2 is 2.22 bits per heavy atom. The second-order valence-corrected chi connectivity index (χ2v) is 7.10. The SMILES string of the molecule is O=C(OCc1ccc(Cl)s1)C1CCCCN1C(=O)c1ccco1. The molecule has 2 aromatic rings. The van der Waals surface area contributed by atoms with Gasteiger partial charge in [-0.1, -0.05) is 11.6 Å². The summed E-state index contributed by atoms with van der Waals surface area (Å²) < 4.78 is 11.2. The first kappa shape index (κ1) is 16.1. The third-order valence-electron chi connectivity index (χ3n) is 3.75. The second-order valence-electron chi connectivity index (χ2n) is 5.30. The highest BCUT2D eigenvalue weighted by Gasteiger charge is 2.34. The maximum Gasteiger partial charge on any atom is 0.329 e. The molecule has 2 aromatic heterocycles. The third-order valence-corrected chi connectivity index (χ3v) is 4.96. The van der Waals surface area contributed by atoms with Gasteiger partial charge in [-0.25, -0.2) is 4.79 Å². The topological polar surface area (TPSA) is 59.8 Å². The quantitative estimate of drug-likeness (QED) is 0.786. The highest BCUT2D eigenvalue weighted by molar-refractivity contribution is 7.16. The van der Waals surface area contributed by atoms with Gasteiger partial charge in [0, 0.05) is 11.4 Å². The van der Waals surface area contributed by atoms with Gasteiger partial charge in [-0.15, -0.1) is 11.3 Å². The summed E-state index contributed by atoms with van der Waals surface area (Å²) in [4.78, 5) is 27.3. The Bertz CT molecular complexity index is 682. The van der Waals surface area contributed by atoms with Gasteiger partial charge in [-0.05, 0) is 43.5 Å². The van der Waals surface area contributed by atoms with Gasteiger partial charge in [0.1, 0.15) is 12.6 Å².